The Hall–Kier alpha value is -3.02. The molecule has 0 aliphatic heterocycles. The Bertz CT molecular complexity index is 770. The van der Waals surface area contributed by atoms with Gasteiger partial charge in [0.25, 0.3) is 5.91 Å². The molecule has 1 amide bonds. The van der Waals surface area contributed by atoms with Gasteiger partial charge >= 0.3 is 5.97 Å². The van der Waals surface area contributed by atoms with Crippen molar-refractivity contribution in [3.05, 3.63) is 53.6 Å². The van der Waals surface area contributed by atoms with E-state index in [0.717, 1.165) is 0 Å². The third kappa shape index (κ3) is 4.73. The molecule has 6 nitrogen and oxygen atoms in total. The number of hydrogen-bond donors (Lipinski definition) is 2. The van der Waals surface area contributed by atoms with Crippen molar-refractivity contribution < 1.29 is 24.2 Å². The molecule has 0 aliphatic rings. The van der Waals surface area contributed by atoms with Gasteiger partial charge in [0.1, 0.15) is 11.3 Å². The normalized spacial score (nSPS) is 10.4. The molecule has 132 valence electrons. The van der Waals surface area contributed by atoms with Crippen LogP contribution in [0.1, 0.15) is 34.6 Å². The fourth-order valence-electron chi connectivity index (χ4n) is 2.10. The van der Waals surface area contributed by atoms with Crippen LogP contribution >= 0.6 is 0 Å². The highest BCUT2D eigenvalue weighted by Crippen LogP contribution is 2.28. The van der Waals surface area contributed by atoms with E-state index >= 15 is 0 Å². The van der Waals surface area contributed by atoms with Crippen LogP contribution in [0.15, 0.2) is 42.5 Å². The second-order valence-electron chi connectivity index (χ2n) is 5.88. The van der Waals surface area contributed by atoms with E-state index in [-0.39, 0.29) is 17.0 Å². The molecule has 0 radical (unpaired) electrons. The Morgan fingerprint density at radius 2 is 1.88 bits per heavy atom. The Labute approximate surface area is 146 Å². The van der Waals surface area contributed by atoms with Gasteiger partial charge in [0.05, 0.1) is 19.4 Å². The summed E-state index contributed by atoms with van der Waals surface area (Å²) in [6.45, 7) is 4.62. The number of nitrogens with one attached hydrogen (secondary N) is 1. The van der Waals surface area contributed by atoms with E-state index in [2.05, 4.69) is 10.1 Å². The molecule has 0 heterocycles. The summed E-state index contributed by atoms with van der Waals surface area (Å²) in [6, 6.07) is 11.2. The highest BCUT2D eigenvalue weighted by atomic mass is 16.5. The molecule has 0 spiro atoms. The number of carbonyl (C=O) groups is 2. The van der Waals surface area contributed by atoms with E-state index in [1.54, 1.807) is 30.3 Å². The highest BCUT2D eigenvalue weighted by molar-refractivity contribution is 6.06. The third-order valence-corrected chi connectivity index (χ3v) is 3.37. The summed E-state index contributed by atoms with van der Waals surface area (Å²) in [5, 5.41) is 12.7. The molecule has 0 bridgehead atoms. The Balaban J connectivity index is 2.17. The summed E-state index contributed by atoms with van der Waals surface area (Å²) in [5.41, 5.74) is 0.486. The molecule has 25 heavy (non-hydrogen) atoms. The van der Waals surface area contributed by atoms with Gasteiger partial charge in [-0.25, -0.2) is 4.79 Å². The van der Waals surface area contributed by atoms with E-state index in [0.29, 0.717) is 23.8 Å². The maximum atomic E-state index is 12.4. The summed E-state index contributed by atoms with van der Waals surface area (Å²) < 4.78 is 10.2. The topological polar surface area (TPSA) is 84.9 Å². The predicted octanol–water partition coefficient (Wildman–Crippen LogP) is 3.47. The van der Waals surface area contributed by atoms with Crippen LogP contribution in [0.3, 0.4) is 0 Å². The lowest BCUT2D eigenvalue weighted by molar-refractivity contribution is 0.0597. The van der Waals surface area contributed by atoms with Gasteiger partial charge in [0.2, 0.25) is 0 Å². The molecular weight excluding hydrogens is 322 g/mol. The van der Waals surface area contributed by atoms with Crippen molar-refractivity contribution in [1.29, 1.82) is 0 Å². The minimum atomic E-state index is -0.683. The van der Waals surface area contributed by atoms with Crippen LogP contribution in [-0.2, 0) is 4.74 Å². The van der Waals surface area contributed by atoms with Gasteiger partial charge in [-0.3, -0.25) is 4.79 Å². The molecule has 0 saturated heterocycles. The van der Waals surface area contributed by atoms with Gasteiger partial charge in [-0.1, -0.05) is 26.0 Å². The number of aromatic hydroxyl groups is 1. The smallest absolute Gasteiger partial charge is 0.341 e. The van der Waals surface area contributed by atoms with Crippen molar-refractivity contribution in [3.8, 4) is 11.5 Å². The zero-order valence-corrected chi connectivity index (χ0v) is 14.4. The van der Waals surface area contributed by atoms with Gasteiger partial charge in [-0.05, 0) is 36.2 Å². The third-order valence-electron chi connectivity index (χ3n) is 3.37. The van der Waals surface area contributed by atoms with E-state index in [4.69, 9.17) is 4.74 Å². The summed E-state index contributed by atoms with van der Waals surface area (Å²) >= 11 is 0. The number of anilines is 1. The van der Waals surface area contributed by atoms with E-state index in [1.807, 2.05) is 13.8 Å². The quantitative estimate of drug-likeness (QED) is 0.620. The minimum Gasteiger partial charge on any atom is -0.505 e. The van der Waals surface area contributed by atoms with Gasteiger partial charge in [-0.15, -0.1) is 0 Å². The van der Waals surface area contributed by atoms with Crippen LogP contribution in [0.5, 0.6) is 11.5 Å². The van der Waals surface area contributed by atoms with E-state index < -0.39 is 11.9 Å². The molecule has 0 fully saturated rings. The Morgan fingerprint density at radius 3 is 2.56 bits per heavy atom. The number of phenolic OH excluding ortho intramolecular Hbond substituents is 1. The number of amides is 1. The predicted molar refractivity (Wildman–Crippen MR) is 94.2 cm³/mol. The fourth-order valence-corrected chi connectivity index (χ4v) is 2.10. The molecule has 0 aliphatic carbocycles. The Kier molecular flexibility index (Phi) is 6.00. The van der Waals surface area contributed by atoms with Crippen LogP contribution < -0.4 is 10.1 Å². The van der Waals surface area contributed by atoms with Crippen molar-refractivity contribution in [1.82, 2.24) is 0 Å². The van der Waals surface area contributed by atoms with Gasteiger partial charge in [0.15, 0.2) is 5.75 Å². The average Bonchev–Trinajstić information content (AvgIpc) is 2.61. The molecule has 0 atom stereocenters. The summed E-state index contributed by atoms with van der Waals surface area (Å²) in [4.78, 5) is 24.0. The standard InChI is InChI=1S/C19H21NO5/c1-12(2)11-25-14-7-4-6-13(10-14)18(22)20-16-9-5-8-15(17(16)21)19(23)24-3/h4-10,12,21H,11H2,1-3H3,(H,20,22). The first-order chi connectivity index (χ1) is 11.9. The highest BCUT2D eigenvalue weighted by Gasteiger charge is 2.16. The number of hydrogen-bond acceptors (Lipinski definition) is 5. The molecular formula is C19H21NO5. The first-order valence-electron chi connectivity index (χ1n) is 7.87. The number of phenols is 1. The van der Waals surface area contributed by atoms with Crippen LogP contribution in [0, 0.1) is 5.92 Å². The number of esters is 1. The van der Waals surface area contributed by atoms with Crippen LogP contribution in [-0.4, -0.2) is 30.7 Å². The molecule has 2 aromatic rings. The van der Waals surface area contributed by atoms with Crippen molar-refractivity contribution in [2.24, 2.45) is 5.92 Å². The number of benzene rings is 2. The zero-order valence-electron chi connectivity index (χ0n) is 14.4. The number of ether oxygens (including phenoxy) is 2. The first kappa shape index (κ1) is 18.3. The second kappa shape index (κ2) is 8.19. The lowest BCUT2D eigenvalue weighted by Gasteiger charge is -2.12. The van der Waals surface area contributed by atoms with Crippen molar-refractivity contribution in [2.75, 3.05) is 19.0 Å². The zero-order chi connectivity index (χ0) is 18.4. The van der Waals surface area contributed by atoms with Crippen molar-refractivity contribution >= 4 is 17.6 Å². The summed E-state index contributed by atoms with van der Waals surface area (Å²) in [5.74, 6) is -0.482. The lowest BCUT2D eigenvalue weighted by Crippen LogP contribution is -2.13. The number of carbonyl (C=O) groups excluding carboxylic acids is 2. The fraction of sp³-hybridized carbons (Fsp3) is 0.263. The van der Waals surface area contributed by atoms with Gasteiger partial charge in [0, 0.05) is 5.56 Å². The SMILES string of the molecule is COC(=O)c1cccc(NC(=O)c2cccc(OCC(C)C)c2)c1O. The molecule has 6 heteroatoms. The largest absolute Gasteiger partial charge is 0.505 e. The molecule has 0 saturated carbocycles. The first-order valence-corrected chi connectivity index (χ1v) is 7.87. The maximum absolute atomic E-state index is 12.4. The summed E-state index contributed by atoms with van der Waals surface area (Å²) in [6.07, 6.45) is 0. The van der Waals surface area contributed by atoms with Crippen LogP contribution in [0.25, 0.3) is 0 Å². The molecule has 2 aromatic carbocycles. The Morgan fingerprint density at radius 1 is 1.16 bits per heavy atom. The molecule has 2 N–H and O–H groups in total. The monoisotopic (exact) mass is 343 g/mol. The van der Waals surface area contributed by atoms with Crippen LogP contribution in [0.4, 0.5) is 5.69 Å². The van der Waals surface area contributed by atoms with Crippen LogP contribution in [0.2, 0.25) is 0 Å². The number of rotatable bonds is 6. The van der Waals surface area contributed by atoms with E-state index in [9.17, 15) is 14.7 Å². The van der Waals surface area contributed by atoms with Gasteiger partial charge in [-0.2, -0.15) is 0 Å². The van der Waals surface area contributed by atoms with Crippen molar-refractivity contribution in [2.45, 2.75) is 13.8 Å². The van der Waals surface area contributed by atoms with Crippen molar-refractivity contribution in [3.63, 3.8) is 0 Å². The lowest BCUT2D eigenvalue weighted by atomic mass is 10.1. The second-order valence-corrected chi connectivity index (χ2v) is 5.88. The van der Waals surface area contributed by atoms with E-state index in [1.165, 1.54) is 19.2 Å². The summed E-state index contributed by atoms with van der Waals surface area (Å²) in [7, 11) is 1.22. The molecule has 2 rings (SSSR count). The molecule has 0 aromatic heterocycles. The number of para-hydroxylation sites is 1. The maximum Gasteiger partial charge on any atom is 0.341 e. The molecule has 0 unspecified atom stereocenters. The average molecular weight is 343 g/mol. The van der Waals surface area contributed by atoms with Gasteiger partial charge < -0.3 is 19.9 Å². The minimum absolute atomic E-state index is 0.0192. The number of methoxy groups -OCH3 is 1.